The van der Waals surface area contributed by atoms with Crippen molar-refractivity contribution >= 4 is 23.7 Å². The number of aldehydes is 1. The van der Waals surface area contributed by atoms with Crippen LogP contribution in [-0.2, 0) is 19.0 Å². The Balaban J connectivity index is 1.96. The van der Waals surface area contributed by atoms with Crippen LogP contribution in [-0.4, -0.2) is 15.8 Å². The summed E-state index contributed by atoms with van der Waals surface area (Å²) in [5, 5.41) is 2.08. The Morgan fingerprint density at radius 2 is 1.66 bits per heavy atom. The van der Waals surface area contributed by atoms with E-state index in [4.69, 9.17) is 0 Å². The number of alkyl halides is 3. The van der Waals surface area contributed by atoms with Crippen molar-refractivity contribution in [3.63, 3.8) is 0 Å². The average molecular weight is 537 g/mol. The molecule has 0 unspecified atom stereocenters. The Morgan fingerprint density at radius 3 is 2.18 bits per heavy atom. The summed E-state index contributed by atoms with van der Waals surface area (Å²) in [6, 6.07) is 12.2. The highest BCUT2D eigenvalue weighted by Crippen LogP contribution is 2.33. The number of nitrogens with zero attached hydrogens (tertiary/aromatic N) is 2. The lowest BCUT2D eigenvalue weighted by molar-refractivity contribution is -0.137. The smallest absolute Gasteiger partial charge is 0.298 e. The number of allylic oxidation sites excluding steroid dienone is 1. The van der Waals surface area contributed by atoms with Crippen molar-refractivity contribution in [3.8, 4) is 27.5 Å². The lowest BCUT2D eigenvalue weighted by Gasteiger charge is -2.20. The molecule has 4 nitrogen and oxygen atoms in total. The maximum Gasteiger partial charge on any atom is 0.416 e. The van der Waals surface area contributed by atoms with Crippen LogP contribution in [0.5, 0.6) is 0 Å². The van der Waals surface area contributed by atoms with E-state index in [9.17, 15) is 22.8 Å². The number of hydrogen-bond donors (Lipinski definition) is 0. The maximum absolute atomic E-state index is 14.1. The first-order valence-electron chi connectivity index (χ1n) is 12.2. The minimum Gasteiger partial charge on any atom is -0.298 e. The Hall–Kier alpha value is -3.78. The van der Waals surface area contributed by atoms with Crippen molar-refractivity contribution in [2.45, 2.75) is 46.7 Å². The number of rotatable bonds is 7. The third-order valence-electron chi connectivity index (χ3n) is 6.25. The second-order valence-corrected chi connectivity index (χ2v) is 9.98. The molecule has 0 fully saturated rings. The van der Waals surface area contributed by atoms with E-state index in [0.717, 1.165) is 40.8 Å². The normalized spacial score (nSPS) is 11.4. The number of aryl methyl sites for hydroxylation is 2. The topological polar surface area (TPSA) is 52.0 Å². The zero-order chi connectivity index (χ0) is 27.6. The van der Waals surface area contributed by atoms with Gasteiger partial charge in [-0.05, 0) is 62.1 Å². The van der Waals surface area contributed by atoms with Crippen LogP contribution < -0.4 is 5.56 Å². The Kier molecular flexibility index (Phi) is 7.83. The van der Waals surface area contributed by atoms with Crippen molar-refractivity contribution in [1.82, 2.24) is 9.55 Å². The first kappa shape index (κ1) is 27.3. The molecule has 0 spiro atoms. The molecular weight excluding hydrogens is 509 g/mol. The summed E-state index contributed by atoms with van der Waals surface area (Å²) in [6.07, 6.45) is -0.476. The molecule has 2 aromatic carbocycles. The van der Waals surface area contributed by atoms with Crippen LogP contribution in [0, 0.1) is 0 Å². The van der Waals surface area contributed by atoms with E-state index in [-0.39, 0.29) is 11.1 Å². The molecule has 0 radical (unpaired) electrons. The largest absolute Gasteiger partial charge is 0.416 e. The number of aromatic nitrogens is 2. The van der Waals surface area contributed by atoms with Crippen molar-refractivity contribution in [1.29, 1.82) is 0 Å². The molecular formula is C30H27F3N2O2S. The summed E-state index contributed by atoms with van der Waals surface area (Å²) in [5.74, 6) is 0. The standard InChI is InChI=1S/C30H27F3N2O2S/c1-5-19-8-7-9-20(6-2)27(19)35-26(14-18(3)4)22(16-36)15-24(29(35)37)28-34-25(17-38-28)21-10-12-23(13-11-21)30(31,32)33/h7-17H,5-6H2,1-4H3. The summed E-state index contributed by atoms with van der Waals surface area (Å²) >= 11 is 1.21. The monoisotopic (exact) mass is 536 g/mol. The van der Waals surface area contributed by atoms with E-state index in [1.807, 2.05) is 52.0 Å². The molecule has 38 heavy (non-hydrogen) atoms. The lowest BCUT2D eigenvalue weighted by Crippen LogP contribution is -2.26. The third-order valence-corrected chi connectivity index (χ3v) is 7.13. The molecule has 0 aliphatic rings. The van der Waals surface area contributed by atoms with Crippen molar-refractivity contribution < 1.29 is 18.0 Å². The average Bonchev–Trinajstić information content (AvgIpc) is 3.38. The van der Waals surface area contributed by atoms with Gasteiger partial charge in [0.15, 0.2) is 6.29 Å². The van der Waals surface area contributed by atoms with Gasteiger partial charge in [0, 0.05) is 16.5 Å². The molecule has 8 heteroatoms. The van der Waals surface area contributed by atoms with E-state index in [1.54, 1.807) is 16.0 Å². The number of thiazole rings is 1. The predicted molar refractivity (Wildman–Crippen MR) is 147 cm³/mol. The number of halogens is 3. The van der Waals surface area contributed by atoms with Gasteiger partial charge in [-0.25, -0.2) is 4.98 Å². The first-order chi connectivity index (χ1) is 18.1. The van der Waals surface area contributed by atoms with Crippen LogP contribution in [0.2, 0.25) is 0 Å². The first-order valence-corrected chi connectivity index (χ1v) is 13.1. The van der Waals surface area contributed by atoms with Gasteiger partial charge in [0.05, 0.1) is 28.2 Å². The van der Waals surface area contributed by atoms with E-state index >= 15 is 0 Å². The second-order valence-electron chi connectivity index (χ2n) is 9.12. The Labute approximate surface area is 223 Å². The highest BCUT2D eigenvalue weighted by atomic mass is 32.1. The van der Waals surface area contributed by atoms with Crippen LogP contribution in [0.4, 0.5) is 13.2 Å². The zero-order valence-corrected chi connectivity index (χ0v) is 22.3. The summed E-state index contributed by atoms with van der Waals surface area (Å²) in [6.45, 7) is 7.85. The van der Waals surface area contributed by atoms with Gasteiger partial charge in [-0.3, -0.25) is 14.2 Å². The third kappa shape index (κ3) is 5.27. The number of pyridine rings is 1. The van der Waals surface area contributed by atoms with Crippen molar-refractivity contribution in [3.05, 3.63) is 97.8 Å². The Morgan fingerprint density at radius 1 is 1.03 bits per heavy atom. The van der Waals surface area contributed by atoms with Gasteiger partial charge >= 0.3 is 6.18 Å². The molecule has 2 aromatic heterocycles. The summed E-state index contributed by atoms with van der Waals surface area (Å²) < 4.78 is 40.5. The number of para-hydroxylation sites is 1. The summed E-state index contributed by atoms with van der Waals surface area (Å²) in [5.41, 5.74) is 4.66. The molecule has 0 aliphatic carbocycles. The van der Waals surface area contributed by atoms with Gasteiger partial charge in [0.2, 0.25) is 0 Å². The van der Waals surface area contributed by atoms with Crippen molar-refractivity contribution in [2.75, 3.05) is 0 Å². The molecule has 4 aromatic rings. The fraction of sp³-hybridized carbons (Fsp3) is 0.233. The molecule has 0 atom stereocenters. The molecule has 4 rings (SSSR count). The molecule has 196 valence electrons. The van der Waals surface area contributed by atoms with E-state index in [1.165, 1.54) is 23.5 Å². The number of hydrogen-bond acceptors (Lipinski definition) is 4. The van der Waals surface area contributed by atoms with Gasteiger partial charge in [-0.15, -0.1) is 11.3 Å². The van der Waals surface area contributed by atoms with Gasteiger partial charge in [-0.2, -0.15) is 13.2 Å². The zero-order valence-electron chi connectivity index (χ0n) is 21.5. The quantitative estimate of drug-likeness (QED) is 0.225. The molecule has 0 bridgehead atoms. The minimum atomic E-state index is -4.43. The van der Waals surface area contributed by atoms with Crippen LogP contribution >= 0.6 is 11.3 Å². The molecule has 0 N–H and O–H groups in total. The lowest BCUT2D eigenvalue weighted by atomic mass is 10.0. The second kappa shape index (κ2) is 10.9. The SMILES string of the molecule is CCc1cccc(CC)c1-n1c(C=C(C)C)c(C=O)cc(-c2nc(-c3ccc(C(F)(F)F)cc3)cs2)c1=O. The molecule has 0 aliphatic heterocycles. The maximum atomic E-state index is 14.1. The predicted octanol–water partition coefficient (Wildman–Crippen LogP) is 8.01. The van der Waals surface area contributed by atoms with Crippen LogP contribution in [0.1, 0.15) is 60.4 Å². The molecule has 2 heterocycles. The van der Waals surface area contributed by atoms with E-state index in [2.05, 4.69) is 4.98 Å². The van der Waals surface area contributed by atoms with Gasteiger partial charge in [-0.1, -0.05) is 49.8 Å². The number of carbonyl (C=O) groups excluding carboxylic acids is 1. The van der Waals surface area contributed by atoms with Crippen molar-refractivity contribution in [2.24, 2.45) is 0 Å². The Bertz CT molecular complexity index is 1550. The van der Waals surface area contributed by atoms with Crippen LogP contribution in [0.15, 0.2) is 64.3 Å². The molecule has 0 saturated carbocycles. The van der Waals surface area contributed by atoms with Crippen LogP contribution in [0.25, 0.3) is 33.6 Å². The fourth-order valence-electron chi connectivity index (χ4n) is 4.40. The van der Waals surface area contributed by atoms with Gasteiger partial charge in [0.1, 0.15) is 5.01 Å². The van der Waals surface area contributed by atoms with Gasteiger partial charge < -0.3 is 0 Å². The highest BCUT2D eigenvalue weighted by molar-refractivity contribution is 7.13. The van der Waals surface area contributed by atoms with E-state index < -0.39 is 11.7 Å². The minimum absolute atomic E-state index is 0.258. The van der Waals surface area contributed by atoms with Crippen LogP contribution in [0.3, 0.4) is 0 Å². The fourth-order valence-corrected chi connectivity index (χ4v) is 5.24. The summed E-state index contributed by atoms with van der Waals surface area (Å²) in [7, 11) is 0. The highest BCUT2D eigenvalue weighted by Gasteiger charge is 2.30. The molecule has 0 saturated heterocycles. The number of benzene rings is 2. The van der Waals surface area contributed by atoms with Gasteiger partial charge in [0.25, 0.3) is 5.56 Å². The molecule has 0 amide bonds. The van der Waals surface area contributed by atoms with E-state index in [0.29, 0.717) is 40.4 Å². The summed E-state index contributed by atoms with van der Waals surface area (Å²) in [4.78, 5) is 31.0. The number of carbonyl (C=O) groups is 1.